The number of fused-ring (bicyclic) bond motifs is 1. The first-order chi connectivity index (χ1) is 15.2. The molecule has 2 amide bonds. The molecule has 8 nitrogen and oxygen atoms in total. The Morgan fingerprint density at radius 2 is 1.84 bits per heavy atom. The van der Waals surface area contributed by atoms with Crippen molar-refractivity contribution in [3.8, 4) is 5.88 Å². The van der Waals surface area contributed by atoms with Crippen molar-refractivity contribution in [1.82, 2.24) is 19.7 Å². The van der Waals surface area contributed by atoms with E-state index in [1.165, 1.54) is 0 Å². The number of piperidine rings is 1. The summed E-state index contributed by atoms with van der Waals surface area (Å²) in [6.45, 7) is 1.55. The van der Waals surface area contributed by atoms with Gasteiger partial charge in [0.1, 0.15) is 12.6 Å². The number of ether oxygens (including phenoxy) is 1. The van der Waals surface area contributed by atoms with Crippen LogP contribution in [0.1, 0.15) is 25.7 Å². The van der Waals surface area contributed by atoms with E-state index >= 15 is 0 Å². The molecule has 3 aromatic rings. The fourth-order valence-corrected chi connectivity index (χ4v) is 3.89. The Hall–Kier alpha value is -3.42. The van der Waals surface area contributed by atoms with Crippen LogP contribution < -0.4 is 10.1 Å². The van der Waals surface area contributed by atoms with Gasteiger partial charge in [-0.25, -0.2) is 4.98 Å². The van der Waals surface area contributed by atoms with Gasteiger partial charge in [-0.15, -0.1) is 0 Å². The Morgan fingerprint density at radius 3 is 2.58 bits per heavy atom. The van der Waals surface area contributed by atoms with Gasteiger partial charge in [-0.2, -0.15) is 5.10 Å². The van der Waals surface area contributed by atoms with Crippen molar-refractivity contribution in [3.05, 3.63) is 48.8 Å². The minimum absolute atomic E-state index is 0.0222. The summed E-state index contributed by atoms with van der Waals surface area (Å²) in [5.41, 5.74) is 1.66. The maximum Gasteiger partial charge on any atom is 0.244 e. The monoisotopic (exact) mass is 419 g/mol. The third-order valence-corrected chi connectivity index (χ3v) is 5.87. The predicted molar refractivity (Wildman–Crippen MR) is 116 cm³/mol. The van der Waals surface area contributed by atoms with Gasteiger partial charge in [-0.1, -0.05) is 18.2 Å². The number of hydrogen-bond acceptors (Lipinski definition) is 5. The molecule has 0 unspecified atom stereocenters. The molecule has 5 rings (SSSR count). The molecule has 1 saturated carbocycles. The number of anilines is 1. The highest BCUT2D eigenvalue weighted by Crippen LogP contribution is 2.30. The van der Waals surface area contributed by atoms with Crippen LogP contribution in [0.25, 0.3) is 10.9 Å². The Kier molecular flexibility index (Phi) is 5.28. The number of para-hydroxylation sites is 1. The SMILES string of the molecule is O=C(Nc1ccc(OC2CCN(C(=O)Cn3ncc4ccccc43)CC2)nc1)C1CC1. The molecule has 160 valence electrons. The number of nitrogens with one attached hydrogen (secondary N) is 1. The number of rotatable bonds is 6. The highest BCUT2D eigenvalue weighted by molar-refractivity contribution is 5.93. The highest BCUT2D eigenvalue weighted by atomic mass is 16.5. The maximum atomic E-state index is 12.7. The molecule has 1 aliphatic carbocycles. The molecule has 1 N–H and O–H groups in total. The summed E-state index contributed by atoms with van der Waals surface area (Å²) in [4.78, 5) is 30.7. The topological polar surface area (TPSA) is 89.4 Å². The van der Waals surface area contributed by atoms with Crippen LogP contribution in [0.3, 0.4) is 0 Å². The minimum Gasteiger partial charge on any atom is -0.474 e. The second-order valence-electron chi connectivity index (χ2n) is 8.21. The van der Waals surface area contributed by atoms with Crippen molar-refractivity contribution in [3.63, 3.8) is 0 Å². The third-order valence-electron chi connectivity index (χ3n) is 5.87. The van der Waals surface area contributed by atoms with Crippen LogP contribution in [-0.4, -0.2) is 50.7 Å². The zero-order chi connectivity index (χ0) is 21.2. The first-order valence-electron chi connectivity index (χ1n) is 10.8. The summed E-state index contributed by atoms with van der Waals surface area (Å²) >= 11 is 0. The van der Waals surface area contributed by atoms with E-state index in [1.54, 1.807) is 23.1 Å². The summed E-state index contributed by atoms with van der Waals surface area (Å²) in [7, 11) is 0. The normalized spacial score (nSPS) is 17.0. The van der Waals surface area contributed by atoms with Gasteiger partial charge in [-0.05, 0) is 25.0 Å². The molecule has 8 heteroatoms. The number of nitrogens with zero attached hydrogens (tertiary/aromatic N) is 4. The standard InChI is InChI=1S/C23H25N5O3/c29-22(15-28-20-4-2-1-3-17(20)13-25-28)27-11-9-19(10-12-27)31-21-8-7-18(14-24-21)26-23(30)16-5-6-16/h1-4,7-8,13-14,16,19H,5-6,9-12,15H2,(H,26,30). The quantitative estimate of drug-likeness (QED) is 0.664. The molecule has 31 heavy (non-hydrogen) atoms. The average Bonchev–Trinajstić information content (AvgIpc) is 3.58. The molecule has 2 aliphatic rings. The van der Waals surface area contributed by atoms with Crippen molar-refractivity contribution in [2.45, 2.75) is 38.3 Å². The summed E-state index contributed by atoms with van der Waals surface area (Å²) in [5.74, 6) is 0.838. The number of pyridine rings is 1. The number of carbonyl (C=O) groups excluding carboxylic acids is 2. The number of aromatic nitrogens is 3. The lowest BCUT2D eigenvalue weighted by molar-refractivity contribution is -0.133. The van der Waals surface area contributed by atoms with Gasteiger partial charge in [0, 0.05) is 43.3 Å². The average molecular weight is 419 g/mol. The van der Waals surface area contributed by atoms with Crippen molar-refractivity contribution in [1.29, 1.82) is 0 Å². The number of amides is 2. The van der Waals surface area contributed by atoms with Gasteiger partial charge in [0.25, 0.3) is 0 Å². The van der Waals surface area contributed by atoms with Crippen molar-refractivity contribution < 1.29 is 14.3 Å². The fraction of sp³-hybridized carbons (Fsp3) is 0.391. The summed E-state index contributed by atoms with van der Waals surface area (Å²) < 4.78 is 7.75. The molecule has 0 atom stereocenters. The van der Waals surface area contributed by atoms with E-state index in [1.807, 2.05) is 35.2 Å². The summed E-state index contributed by atoms with van der Waals surface area (Å²) in [6.07, 6.45) is 6.90. The molecule has 1 saturated heterocycles. The zero-order valence-electron chi connectivity index (χ0n) is 17.2. The van der Waals surface area contributed by atoms with Gasteiger partial charge in [0.15, 0.2) is 0 Å². The summed E-state index contributed by atoms with van der Waals surface area (Å²) in [5, 5.41) is 8.26. The lowest BCUT2D eigenvalue weighted by atomic mass is 10.1. The Balaban J connectivity index is 1.11. The molecule has 2 aromatic heterocycles. The lowest BCUT2D eigenvalue weighted by Crippen LogP contribution is -2.43. The molecule has 2 fully saturated rings. The molecule has 1 aliphatic heterocycles. The van der Waals surface area contributed by atoms with Crippen LogP contribution in [0.2, 0.25) is 0 Å². The van der Waals surface area contributed by atoms with E-state index in [0.29, 0.717) is 24.7 Å². The van der Waals surface area contributed by atoms with E-state index in [4.69, 9.17) is 4.74 Å². The van der Waals surface area contributed by atoms with Crippen LogP contribution >= 0.6 is 0 Å². The van der Waals surface area contributed by atoms with Crippen LogP contribution in [0.5, 0.6) is 5.88 Å². The molecule has 0 bridgehead atoms. The molecular weight excluding hydrogens is 394 g/mol. The van der Waals surface area contributed by atoms with Gasteiger partial charge in [-0.3, -0.25) is 14.3 Å². The summed E-state index contributed by atoms with van der Waals surface area (Å²) in [6, 6.07) is 11.5. The van der Waals surface area contributed by atoms with Gasteiger partial charge in [0.05, 0.1) is 23.6 Å². The number of carbonyl (C=O) groups is 2. The minimum atomic E-state index is 0.0222. The van der Waals surface area contributed by atoms with E-state index in [9.17, 15) is 9.59 Å². The third kappa shape index (κ3) is 4.52. The highest BCUT2D eigenvalue weighted by Gasteiger charge is 2.29. The number of benzene rings is 1. The first-order valence-corrected chi connectivity index (χ1v) is 10.8. The van der Waals surface area contributed by atoms with Gasteiger partial charge in [0.2, 0.25) is 17.7 Å². The van der Waals surface area contributed by atoms with Gasteiger partial charge < -0.3 is 15.0 Å². The number of likely N-dealkylation sites (tertiary alicyclic amines) is 1. The zero-order valence-corrected chi connectivity index (χ0v) is 17.2. The molecular formula is C23H25N5O3. The smallest absolute Gasteiger partial charge is 0.244 e. The molecule has 1 aromatic carbocycles. The lowest BCUT2D eigenvalue weighted by Gasteiger charge is -2.32. The molecule has 0 radical (unpaired) electrons. The molecule has 3 heterocycles. The van der Waals surface area contributed by atoms with E-state index in [0.717, 1.165) is 36.6 Å². The van der Waals surface area contributed by atoms with Crippen LogP contribution in [-0.2, 0) is 16.1 Å². The number of hydrogen-bond donors (Lipinski definition) is 1. The van der Waals surface area contributed by atoms with Crippen molar-refractivity contribution in [2.24, 2.45) is 5.92 Å². The second-order valence-corrected chi connectivity index (χ2v) is 8.21. The van der Waals surface area contributed by atoms with Crippen molar-refractivity contribution in [2.75, 3.05) is 18.4 Å². The van der Waals surface area contributed by atoms with E-state index in [2.05, 4.69) is 15.4 Å². The second kappa shape index (κ2) is 8.37. The van der Waals surface area contributed by atoms with Crippen molar-refractivity contribution >= 4 is 28.4 Å². The van der Waals surface area contributed by atoms with Crippen LogP contribution in [0.4, 0.5) is 5.69 Å². The first kappa shape index (κ1) is 19.5. The van der Waals surface area contributed by atoms with Gasteiger partial charge >= 0.3 is 0 Å². The Morgan fingerprint density at radius 1 is 1.03 bits per heavy atom. The van der Waals surface area contributed by atoms with E-state index in [-0.39, 0.29) is 30.4 Å². The molecule has 0 spiro atoms. The van der Waals surface area contributed by atoms with Crippen LogP contribution in [0.15, 0.2) is 48.8 Å². The largest absolute Gasteiger partial charge is 0.474 e. The van der Waals surface area contributed by atoms with Crippen LogP contribution in [0, 0.1) is 5.92 Å². The Bertz CT molecular complexity index is 1080. The Labute approximate surface area is 180 Å². The maximum absolute atomic E-state index is 12.7. The predicted octanol–water partition coefficient (Wildman–Crippen LogP) is 2.85. The fourth-order valence-electron chi connectivity index (χ4n) is 3.89. The van der Waals surface area contributed by atoms with E-state index < -0.39 is 0 Å².